The van der Waals surface area contributed by atoms with Crippen molar-refractivity contribution in [2.45, 2.75) is 11.0 Å². The minimum atomic E-state index is -3.20. The van der Waals surface area contributed by atoms with E-state index in [4.69, 9.17) is 0 Å². The first kappa shape index (κ1) is 12.8. The SMILES string of the molecule is Cn1cc(C(O)c2ccc(S(C)(=O)=O)cc2)cn1. The maximum atomic E-state index is 11.3. The smallest absolute Gasteiger partial charge is 0.175 e. The number of nitrogens with zero attached hydrogens (tertiary/aromatic N) is 2. The third-order valence-corrected chi connectivity index (χ3v) is 3.79. The molecule has 1 atom stereocenters. The van der Waals surface area contributed by atoms with Crippen molar-refractivity contribution in [2.24, 2.45) is 7.05 Å². The molecule has 0 radical (unpaired) electrons. The summed E-state index contributed by atoms with van der Waals surface area (Å²) in [5, 5.41) is 14.1. The topological polar surface area (TPSA) is 72.2 Å². The fourth-order valence-electron chi connectivity index (χ4n) is 1.67. The molecule has 0 fully saturated rings. The summed E-state index contributed by atoms with van der Waals surface area (Å²) in [6, 6.07) is 6.19. The lowest BCUT2D eigenvalue weighted by atomic mass is 10.1. The van der Waals surface area contributed by atoms with Crippen LogP contribution in [0, 0.1) is 0 Å². The van der Waals surface area contributed by atoms with Crippen LogP contribution in [0.15, 0.2) is 41.6 Å². The zero-order valence-corrected chi connectivity index (χ0v) is 10.9. The molecule has 0 aliphatic rings. The first-order valence-corrected chi connectivity index (χ1v) is 7.23. The van der Waals surface area contributed by atoms with E-state index in [-0.39, 0.29) is 4.90 Å². The Morgan fingerprint density at radius 1 is 1.22 bits per heavy atom. The summed E-state index contributed by atoms with van der Waals surface area (Å²) in [4.78, 5) is 0.240. The molecule has 1 aromatic heterocycles. The van der Waals surface area contributed by atoms with Gasteiger partial charge in [-0.15, -0.1) is 0 Å². The average Bonchev–Trinajstić information content (AvgIpc) is 2.74. The molecule has 2 aromatic rings. The molecule has 1 aromatic carbocycles. The van der Waals surface area contributed by atoms with Crippen molar-refractivity contribution in [2.75, 3.05) is 6.26 Å². The largest absolute Gasteiger partial charge is 0.384 e. The molecular weight excluding hydrogens is 252 g/mol. The molecule has 1 N–H and O–H groups in total. The van der Waals surface area contributed by atoms with Crippen molar-refractivity contribution in [1.29, 1.82) is 0 Å². The Kier molecular flexibility index (Phi) is 3.23. The molecule has 1 heterocycles. The average molecular weight is 266 g/mol. The fraction of sp³-hybridized carbons (Fsp3) is 0.250. The first-order chi connectivity index (χ1) is 8.38. The molecule has 0 amide bonds. The van der Waals surface area contributed by atoms with E-state index < -0.39 is 15.9 Å². The second kappa shape index (κ2) is 4.55. The van der Waals surface area contributed by atoms with Crippen LogP contribution >= 0.6 is 0 Å². The van der Waals surface area contributed by atoms with Gasteiger partial charge in [0.1, 0.15) is 6.10 Å². The van der Waals surface area contributed by atoms with Crippen molar-refractivity contribution in [1.82, 2.24) is 9.78 Å². The van der Waals surface area contributed by atoms with Gasteiger partial charge in [0.2, 0.25) is 0 Å². The van der Waals surface area contributed by atoms with Gasteiger partial charge in [-0.1, -0.05) is 12.1 Å². The zero-order valence-electron chi connectivity index (χ0n) is 10.1. The molecule has 96 valence electrons. The van der Waals surface area contributed by atoms with E-state index in [1.807, 2.05) is 0 Å². The molecule has 0 spiro atoms. The van der Waals surface area contributed by atoms with Gasteiger partial charge in [-0.2, -0.15) is 5.10 Å². The van der Waals surface area contributed by atoms with Gasteiger partial charge in [0.05, 0.1) is 11.1 Å². The Labute approximate surface area is 106 Å². The van der Waals surface area contributed by atoms with Crippen LogP contribution in [0.5, 0.6) is 0 Å². The number of rotatable bonds is 3. The summed E-state index contributed by atoms with van der Waals surface area (Å²) in [5.41, 5.74) is 1.31. The lowest BCUT2D eigenvalue weighted by Crippen LogP contribution is -2.01. The molecule has 6 heteroatoms. The van der Waals surface area contributed by atoms with Crippen molar-refractivity contribution >= 4 is 9.84 Å². The number of aromatic nitrogens is 2. The number of sulfone groups is 1. The van der Waals surface area contributed by atoms with Gasteiger partial charge in [-0.3, -0.25) is 4.68 Å². The Morgan fingerprint density at radius 2 is 1.83 bits per heavy atom. The monoisotopic (exact) mass is 266 g/mol. The van der Waals surface area contributed by atoms with Crippen LogP contribution in [0.25, 0.3) is 0 Å². The highest BCUT2D eigenvalue weighted by Gasteiger charge is 2.13. The minimum Gasteiger partial charge on any atom is -0.384 e. The first-order valence-electron chi connectivity index (χ1n) is 5.34. The lowest BCUT2D eigenvalue weighted by Gasteiger charge is -2.09. The zero-order chi connectivity index (χ0) is 13.3. The standard InChI is InChI=1S/C12H14N2O3S/c1-14-8-10(7-13-14)12(15)9-3-5-11(6-4-9)18(2,16)17/h3-8,12,15H,1-2H3. The molecule has 0 aliphatic carbocycles. The third kappa shape index (κ3) is 2.60. The van der Waals surface area contributed by atoms with Gasteiger partial charge in [0.25, 0.3) is 0 Å². The number of benzene rings is 1. The summed E-state index contributed by atoms with van der Waals surface area (Å²) in [6.07, 6.45) is 3.65. The van der Waals surface area contributed by atoms with E-state index in [0.29, 0.717) is 11.1 Å². The summed E-state index contributed by atoms with van der Waals surface area (Å²) in [5.74, 6) is 0. The number of aryl methyl sites for hydroxylation is 1. The maximum Gasteiger partial charge on any atom is 0.175 e. The number of aliphatic hydroxyl groups is 1. The molecule has 0 saturated heterocycles. The molecular formula is C12H14N2O3S. The van der Waals surface area contributed by atoms with Crippen LogP contribution in [0.1, 0.15) is 17.2 Å². The van der Waals surface area contributed by atoms with Crippen molar-refractivity contribution < 1.29 is 13.5 Å². The van der Waals surface area contributed by atoms with E-state index in [0.717, 1.165) is 6.26 Å². The van der Waals surface area contributed by atoms with Crippen molar-refractivity contribution in [3.8, 4) is 0 Å². The van der Waals surface area contributed by atoms with Crippen LogP contribution in [-0.2, 0) is 16.9 Å². The Morgan fingerprint density at radius 3 is 2.28 bits per heavy atom. The van der Waals surface area contributed by atoms with Gasteiger partial charge in [-0.05, 0) is 17.7 Å². The van der Waals surface area contributed by atoms with Gasteiger partial charge < -0.3 is 5.11 Å². The van der Waals surface area contributed by atoms with Crippen LogP contribution in [0.2, 0.25) is 0 Å². The molecule has 0 bridgehead atoms. The minimum absolute atomic E-state index is 0.240. The van der Waals surface area contributed by atoms with E-state index in [1.54, 1.807) is 36.3 Å². The second-order valence-corrected chi connectivity index (χ2v) is 6.21. The molecule has 0 aliphatic heterocycles. The van der Waals surface area contributed by atoms with Gasteiger partial charge in [0, 0.05) is 25.1 Å². The van der Waals surface area contributed by atoms with Crippen LogP contribution in [-0.4, -0.2) is 29.6 Å². The molecule has 18 heavy (non-hydrogen) atoms. The van der Waals surface area contributed by atoms with Crippen molar-refractivity contribution in [3.63, 3.8) is 0 Å². The second-order valence-electron chi connectivity index (χ2n) is 4.19. The summed E-state index contributed by atoms with van der Waals surface area (Å²) in [6.45, 7) is 0. The van der Waals surface area contributed by atoms with Crippen molar-refractivity contribution in [3.05, 3.63) is 47.8 Å². The maximum absolute atomic E-state index is 11.3. The highest BCUT2D eigenvalue weighted by Crippen LogP contribution is 2.22. The number of hydrogen-bond acceptors (Lipinski definition) is 4. The van der Waals surface area contributed by atoms with Gasteiger partial charge in [0.15, 0.2) is 9.84 Å². The highest BCUT2D eigenvalue weighted by molar-refractivity contribution is 7.90. The van der Waals surface area contributed by atoms with Crippen LogP contribution in [0.4, 0.5) is 0 Å². The predicted octanol–water partition coefficient (Wildman–Crippen LogP) is 0.905. The van der Waals surface area contributed by atoms with Gasteiger partial charge in [-0.25, -0.2) is 8.42 Å². The predicted molar refractivity (Wildman–Crippen MR) is 66.8 cm³/mol. The fourth-order valence-corrected chi connectivity index (χ4v) is 2.30. The molecule has 1 unspecified atom stereocenters. The molecule has 5 nitrogen and oxygen atoms in total. The van der Waals surface area contributed by atoms with E-state index in [1.165, 1.54) is 12.1 Å². The molecule has 0 saturated carbocycles. The number of aliphatic hydroxyl groups excluding tert-OH is 1. The van der Waals surface area contributed by atoms with E-state index >= 15 is 0 Å². The van der Waals surface area contributed by atoms with Crippen LogP contribution in [0.3, 0.4) is 0 Å². The number of hydrogen-bond donors (Lipinski definition) is 1. The Bertz CT molecular complexity index is 644. The van der Waals surface area contributed by atoms with Gasteiger partial charge >= 0.3 is 0 Å². The summed E-state index contributed by atoms with van der Waals surface area (Å²) < 4.78 is 24.2. The lowest BCUT2D eigenvalue weighted by molar-refractivity contribution is 0.220. The summed E-state index contributed by atoms with van der Waals surface area (Å²) in [7, 11) is -1.44. The van der Waals surface area contributed by atoms with E-state index in [2.05, 4.69) is 5.10 Å². The van der Waals surface area contributed by atoms with E-state index in [9.17, 15) is 13.5 Å². The Balaban J connectivity index is 2.30. The summed E-state index contributed by atoms with van der Waals surface area (Å²) >= 11 is 0. The normalized spacial score (nSPS) is 13.5. The highest BCUT2D eigenvalue weighted by atomic mass is 32.2. The third-order valence-electron chi connectivity index (χ3n) is 2.66. The van der Waals surface area contributed by atoms with Crippen LogP contribution < -0.4 is 0 Å². The quantitative estimate of drug-likeness (QED) is 0.896. The Hall–Kier alpha value is -1.66. The molecule has 2 rings (SSSR count).